The van der Waals surface area contributed by atoms with Gasteiger partial charge in [-0.1, -0.05) is 24.3 Å². The van der Waals surface area contributed by atoms with E-state index in [1.54, 1.807) is 6.92 Å². The fourth-order valence-corrected chi connectivity index (χ4v) is 1.59. The zero-order chi connectivity index (χ0) is 12.1. The predicted molar refractivity (Wildman–Crippen MR) is 66.1 cm³/mol. The molecule has 1 aromatic carbocycles. The third-order valence-electron chi connectivity index (χ3n) is 2.59. The number of rotatable bonds is 4. The molecule has 0 aromatic heterocycles. The van der Waals surface area contributed by atoms with Gasteiger partial charge in [0.2, 0.25) is 5.91 Å². The Morgan fingerprint density at radius 3 is 2.56 bits per heavy atom. The summed E-state index contributed by atoms with van der Waals surface area (Å²) in [5, 5.41) is 2.89. The van der Waals surface area contributed by atoms with Crippen molar-refractivity contribution in [2.24, 2.45) is 5.73 Å². The highest BCUT2D eigenvalue weighted by Gasteiger charge is 2.11. The summed E-state index contributed by atoms with van der Waals surface area (Å²) in [6, 6.07) is 7.87. The van der Waals surface area contributed by atoms with E-state index in [9.17, 15) is 4.79 Å². The summed E-state index contributed by atoms with van der Waals surface area (Å²) in [5.74, 6) is -0.0962. The number of benzene rings is 1. The van der Waals surface area contributed by atoms with Crippen molar-refractivity contribution in [1.29, 1.82) is 0 Å². The lowest BCUT2D eigenvalue weighted by molar-refractivity contribution is -0.122. The summed E-state index contributed by atoms with van der Waals surface area (Å²) in [4.78, 5) is 11.4. The molecule has 3 N–H and O–H groups in total. The van der Waals surface area contributed by atoms with Crippen LogP contribution in [-0.2, 0) is 11.2 Å². The van der Waals surface area contributed by atoms with Crippen LogP contribution in [-0.4, -0.2) is 18.0 Å². The van der Waals surface area contributed by atoms with Crippen LogP contribution in [0.15, 0.2) is 24.3 Å². The molecule has 0 aliphatic carbocycles. The summed E-state index contributed by atoms with van der Waals surface area (Å²) in [6.07, 6.45) is 0.838. The molecule has 0 bridgehead atoms. The lowest BCUT2D eigenvalue weighted by Crippen LogP contribution is -2.43. The molecule has 3 nitrogen and oxygen atoms in total. The summed E-state index contributed by atoms with van der Waals surface area (Å²) in [7, 11) is 0. The number of aryl methyl sites for hydroxylation is 1. The van der Waals surface area contributed by atoms with E-state index in [0.717, 1.165) is 6.42 Å². The molecule has 0 saturated carbocycles. The highest BCUT2D eigenvalue weighted by Crippen LogP contribution is 2.09. The third-order valence-corrected chi connectivity index (χ3v) is 2.59. The van der Waals surface area contributed by atoms with Gasteiger partial charge >= 0.3 is 0 Å². The quantitative estimate of drug-likeness (QED) is 0.805. The van der Waals surface area contributed by atoms with Crippen molar-refractivity contribution in [2.75, 3.05) is 0 Å². The van der Waals surface area contributed by atoms with Gasteiger partial charge in [0.1, 0.15) is 0 Å². The van der Waals surface area contributed by atoms with Gasteiger partial charge in [-0.25, -0.2) is 0 Å². The van der Waals surface area contributed by atoms with Gasteiger partial charge in [0.15, 0.2) is 0 Å². The Balaban J connectivity index is 2.55. The molecule has 88 valence electrons. The molecule has 0 aliphatic heterocycles. The molecule has 2 atom stereocenters. The fourth-order valence-electron chi connectivity index (χ4n) is 1.59. The SMILES string of the molecule is Cc1ccccc1CC(C)NC(=O)[C@@H](C)N. The van der Waals surface area contributed by atoms with E-state index in [0.29, 0.717) is 0 Å². The van der Waals surface area contributed by atoms with Gasteiger partial charge in [-0.15, -0.1) is 0 Å². The molecule has 0 fully saturated rings. The van der Waals surface area contributed by atoms with Crippen molar-refractivity contribution >= 4 is 5.91 Å². The highest BCUT2D eigenvalue weighted by atomic mass is 16.2. The molecule has 0 heterocycles. The van der Waals surface area contributed by atoms with Gasteiger partial charge in [0, 0.05) is 6.04 Å². The van der Waals surface area contributed by atoms with Crippen LogP contribution in [0.1, 0.15) is 25.0 Å². The summed E-state index contributed by atoms with van der Waals surface area (Å²) in [6.45, 7) is 5.76. The fraction of sp³-hybridized carbons (Fsp3) is 0.462. The van der Waals surface area contributed by atoms with Crippen molar-refractivity contribution in [1.82, 2.24) is 5.32 Å². The van der Waals surface area contributed by atoms with E-state index in [1.165, 1.54) is 11.1 Å². The van der Waals surface area contributed by atoms with Crippen molar-refractivity contribution in [2.45, 2.75) is 39.3 Å². The maximum atomic E-state index is 11.4. The number of hydrogen-bond donors (Lipinski definition) is 2. The van der Waals surface area contributed by atoms with Crippen LogP contribution in [0.4, 0.5) is 0 Å². The Labute approximate surface area is 97.0 Å². The van der Waals surface area contributed by atoms with Gasteiger partial charge in [-0.3, -0.25) is 4.79 Å². The van der Waals surface area contributed by atoms with Gasteiger partial charge in [-0.05, 0) is 38.3 Å². The predicted octanol–water partition coefficient (Wildman–Crippen LogP) is 1.39. The Kier molecular flexibility index (Phi) is 4.50. The van der Waals surface area contributed by atoms with Gasteiger partial charge in [0.05, 0.1) is 6.04 Å². The molecule has 1 unspecified atom stereocenters. The summed E-state index contributed by atoms with van der Waals surface area (Å²) in [5.41, 5.74) is 8.01. The van der Waals surface area contributed by atoms with E-state index >= 15 is 0 Å². The van der Waals surface area contributed by atoms with Crippen LogP contribution < -0.4 is 11.1 Å². The molecular formula is C13H20N2O. The molecule has 0 saturated heterocycles. The first-order chi connectivity index (χ1) is 7.50. The number of carbonyl (C=O) groups excluding carboxylic acids is 1. The normalized spacial score (nSPS) is 14.2. The third kappa shape index (κ3) is 3.66. The van der Waals surface area contributed by atoms with E-state index in [2.05, 4.69) is 24.4 Å². The number of carbonyl (C=O) groups is 1. The smallest absolute Gasteiger partial charge is 0.236 e. The zero-order valence-corrected chi connectivity index (χ0v) is 10.2. The van der Waals surface area contributed by atoms with Crippen molar-refractivity contribution in [3.8, 4) is 0 Å². The Bertz CT molecular complexity index is 361. The minimum absolute atomic E-state index is 0.0962. The maximum Gasteiger partial charge on any atom is 0.236 e. The molecule has 0 spiro atoms. The first-order valence-electron chi connectivity index (χ1n) is 5.61. The maximum absolute atomic E-state index is 11.4. The summed E-state index contributed by atoms with van der Waals surface area (Å²) < 4.78 is 0. The Morgan fingerprint density at radius 1 is 1.38 bits per heavy atom. The van der Waals surface area contributed by atoms with Crippen LogP contribution in [0, 0.1) is 6.92 Å². The largest absolute Gasteiger partial charge is 0.352 e. The molecule has 1 aromatic rings. The average molecular weight is 220 g/mol. The second kappa shape index (κ2) is 5.66. The second-order valence-corrected chi connectivity index (χ2v) is 4.33. The minimum Gasteiger partial charge on any atom is -0.352 e. The van der Waals surface area contributed by atoms with E-state index < -0.39 is 6.04 Å². The van der Waals surface area contributed by atoms with Crippen molar-refractivity contribution < 1.29 is 4.79 Å². The molecule has 1 amide bonds. The standard InChI is InChI=1S/C13H20N2O/c1-9-6-4-5-7-12(9)8-10(2)15-13(16)11(3)14/h4-7,10-11H,8,14H2,1-3H3,(H,15,16)/t10?,11-/m1/s1. The van der Waals surface area contributed by atoms with Gasteiger partial charge in [-0.2, -0.15) is 0 Å². The lowest BCUT2D eigenvalue weighted by atomic mass is 10.0. The number of amides is 1. The van der Waals surface area contributed by atoms with E-state index in [-0.39, 0.29) is 11.9 Å². The van der Waals surface area contributed by atoms with Crippen LogP contribution in [0.5, 0.6) is 0 Å². The number of nitrogens with one attached hydrogen (secondary N) is 1. The van der Waals surface area contributed by atoms with Gasteiger partial charge < -0.3 is 11.1 Å². The van der Waals surface area contributed by atoms with E-state index in [1.807, 2.05) is 19.1 Å². The monoisotopic (exact) mass is 220 g/mol. The van der Waals surface area contributed by atoms with Gasteiger partial charge in [0.25, 0.3) is 0 Å². The van der Waals surface area contributed by atoms with Crippen molar-refractivity contribution in [3.63, 3.8) is 0 Å². The second-order valence-electron chi connectivity index (χ2n) is 4.33. The topological polar surface area (TPSA) is 55.1 Å². The molecule has 3 heteroatoms. The highest BCUT2D eigenvalue weighted by molar-refractivity contribution is 5.81. The first kappa shape index (κ1) is 12.7. The zero-order valence-electron chi connectivity index (χ0n) is 10.2. The number of hydrogen-bond acceptors (Lipinski definition) is 2. The minimum atomic E-state index is -0.445. The van der Waals surface area contributed by atoms with Crippen LogP contribution in [0.25, 0.3) is 0 Å². The lowest BCUT2D eigenvalue weighted by Gasteiger charge is -2.16. The molecule has 0 radical (unpaired) electrons. The Morgan fingerprint density at radius 2 is 2.00 bits per heavy atom. The van der Waals surface area contributed by atoms with Crippen LogP contribution >= 0.6 is 0 Å². The Hall–Kier alpha value is -1.35. The van der Waals surface area contributed by atoms with Crippen LogP contribution in [0.2, 0.25) is 0 Å². The first-order valence-corrected chi connectivity index (χ1v) is 5.61. The van der Waals surface area contributed by atoms with E-state index in [4.69, 9.17) is 5.73 Å². The average Bonchev–Trinajstić information content (AvgIpc) is 2.21. The molecule has 0 aliphatic rings. The van der Waals surface area contributed by atoms with Crippen molar-refractivity contribution in [3.05, 3.63) is 35.4 Å². The molecular weight excluding hydrogens is 200 g/mol. The number of nitrogens with two attached hydrogens (primary N) is 1. The molecule has 1 rings (SSSR count). The van der Waals surface area contributed by atoms with Crippen LogP contribution in [0.3, 0.4) is 0 Å². The molecule has 16 heavy (non-hydrogen) atoms. The summed E-state index contributed by atoms with van der Waals surface area (Å²) >= 11 is 0.